The summed E-state index contributed by atoms with van der Waals surface area (Å²) in [7, 11) is 0. The largest absolute Gasteiger partial charge is 0.339 e. The van der Waals surface area contributed by atoms with Crippen LogP contribution in [0.25, 0.3) is 5.69 Å². The SMILES string of the molecule is O=C1CCCCCN1Cc1nnc(SCC(=O)N2CCCC3CCCCC32)n1-c1cccnc1. The zero-order chi connectivity index (χ0) is 23.3. The summed E-state index contributed by atoms with van der Waals surface area (Å²) >= 11 is 1.44. The Bertz CT molecular complexity index is 995. The van der Waals surface area contributed by atoms with Crippen LogP contribution in [0.5, 0.6) is 0 Å². The third-order valence-corrected chi connectivity index (χ3v) is 8.41. The van der Waals surface area contributed by atoms with Crippen LogP contribution < -0.4 is 0 Å². The second kappa shape index (κ2) is 10.9. The maximum atomic E-state index is 13.3. The highest BCUT2D eigenvalue weighted by Gasteiger charge is 2.35. The van der Waals surface area contributed by atoms with Crippen molar-refractivity contribution in [2.75, 3.05) is 18.8 Å². The average molecular weight is 483 g/mol. The van der Waals surface area contributed by atoms with Crippen molar-refractivity contribution in [1.82, 2.24) is 29.5 Å². The van der Waals surface area contributed by atoms with E-state index in [1.165, 1.54) is 37.4 Å². The lowest BCUT2D eigenvalue weighted by Crippen LogP contribution is -2.50. The Balaban J connectivity index is 1.33. The van der Waals surface area contributed by atoms with Gasteiger partial charge in [-0.2, -0.15) is 0 Å². The molecule has 9 heteroatoms. The van der Waals surface area contributed by atoms with Crippen molar-refractivity contribution in [2.24, 2.45) is 5.92 Å². The lowest BCUT2D eigenvalue weighted by molar-refractivity contribution is -0.134. The highest BCUT2D eigenvalue weighted by molar-refractivity contribution is 7.99. The van der Waals surface area contributed by atoms with E-state index in [1.54, 1.807) is 12.4 Å². The molecule has 2 atom stereocenters. The molecule has 34 heavy (non-hydrogen) atoms. The highest BCUT2D eigenvalue weighted by atomic mass is 32.2. The maximum Gasteiger partial charge on any atom is 0.233 e. The highest BCUT2D eigenvalue weighted by Crippen LogP contribution is 2.36. The lowest BCUT2D eigenvalue weighted by Gasteiger charge is -2.44. The van der Waals surface area contributed by atoms with Crippen LogP contribution in [0.15, 0.2) is 29.7 Å². The molecule has 3 aliphatic rings. The standard InChI is InChI=1S/C25H34N6O2S/c32-23-12-2-1-5-14-29(23)17-22-27-28-25(31(22)20-10-6-13-26-16-20)34-18-24(33)30-15-7-9-19-8-3-4-11-21(19)30/h6,10,13,16,19,21H,1-5,7-9,11-12,14-15,17-18H2. The molecule has 4 heterocycles. The number of fused-ring (bicyclic) bond motifs is 1. The van der Waals surface area contributed by atoms with E-state index >= 15 is 0 Å². The maximum absolute atomic E-state index is 13.3. The van der Waals surface area contributed by atoms with Crippen LogP contribution in [0.1, 0.15) is 70.0 Å². The van der Waals surface area contributed by atoms with Gasteiger partial charge in [-0.15, -0.1) is 10.2 Å². The van der Waals surface area contributed by atoms with E-state index in [-0.39, 0.29) is 11.8 Å². The number of pyridine rings is 1. The lowest BCUT2D eigenvalue weighted by atomic mass is 9.78. The summed E-state index contributed by atoms with van der Waals surface area (Å²) in [5, 5.41) is 9.57. The first kappa shape index (κ1) is 23.3. The number of hydrogen-bond acceptors (Lipinski definition) is 6. The first-order valence-corrected chi connectivity index (χ1v) is 13.7. The van der Waals surface area contributed by atoms with Crippen molar-refractivity contribution in [2.45, 2.75) is 82.0 Å². The van der Waals surface area contributed by atoms with E-state index in [0.29, 0.717) is 41.7 Å². The minimum atomic E-state index is 0.176. The van der Waals surface area contributed by atoms with E-state index in [9.17, 15) is 9.59 Å². The molecule has 2 aromatic rings. The summed E-state index contributed by atoms with van der Waals surface area (Å²) in [6, 6.07) is 4.26. The Morgan fingerprint density at radius 1 is 1.03 bits per heavy atom. The van der Waals surface area contributed by atoms with Crippen LogP contribution in [0.2, 0.25) is 0 Å². The van der Waals surface area contributed by atoms with Crippen molar-refractivity contribution >= 4 is 23.6 Å². The Morgan fingerprint density at radius 3 is 2.79 bits per heavy atom. The van der Waals surface area contributed by atoms with Crippen molar-refractivity contribution in [3.63, 3.8) is 0 Å². The van der Waals surface area contributed by atoms with E-state index in [0.717, 1.165) is 50.9 Å². The molecule has 0 spiro atoms. The topological polar surface area (TPSA) is 84.2 Å². The quantitative estimate of drug-likeness (QED) is 0.582. The van der Waals surface area contributed by atoms with Crippen LogP contribution in [0, 0.1) is 5.92 Å². The van der Waals surface area contributed by atoms with Gasteiger partial charge in [-0.3, -0.25) is 19.1 Å². The molecule has 3 fully saturated rings. The zero-order valence-corrected chi connectivity index (χ0v) is 20.6. The summed E-state index contributed by atoms with van der Waals surface area (Å²) in [5.74, 6) is 2.11. The number of hydrogen-bond donors (Lipinski definition) is 0. The van der Waals surface area contributed by atoms with Gasteiger partial charge in [0.15, 0.2) is 11.0 Å². The van der Waals surface area contributed by atoms with Gasteiger partial charge in [0.2, 0.25) is 11.8 Å². The molecular formula is C25H34N6O2S. The van der Waals surface area contributed by atoms with Crippen molar-refractivity contribution in [3.8, 4) is 5.69 Å². The van der Waals surface area contributed by atoms with Gasteiger partial charge in [-0.25, -0.2) is 0 Å². The van der Waals surface area contributed by atoms with Crippen molar-refractivity contribution < 1.29 is 9.59 Å². The second-order valence-corrected chi connectivity index (χ2v) is 10.6. The first-order valence-electron chi connectivity index (χ1n) is 12.8. The molecule has 0 bridgehead atoms. The van der Waals surface area contributed by atoms with Crippen molar-refractivity contribution in [1.29, 1.82) is 0 Å². The van der Waals surface area contributed by atoms with Gasteiger partial charge in [0.25, 0.3) is 0 Å². The number of carbonyl (C=O) groups excluding carboxylic acids is 2. The molecule has 0 radical (unpaired) electrons. The number of thioether (sulfide) groups is 1. The molecule has 0 aromatic carbocycles. The third kappa shape index (κ3) is 5.14. The van der Waals surface area contributed by atoms with E-state index in [4.69, 9.17) is 0 Å². The van der Waals surface area contributed by atoms with Crippen LogP contribution in [0.4, 0.5) is 0 Å². The zero-order valence-electron chi connectivity index (χ0n) is 19.8. The molecule has 5 rings (SSSR count). The van der Waals surface area contributed by atoms with Gasteiger partial charge >= 0.3 is 0 Å². The fraction of sp³-hybridized carbons (Fsp3) is 0.640. The molecule has 2 unspecified atom stereocenters. The van der Waals surface area contributed by atoms with Crippen LogP contribution in [-0.2, 0) is 16.1 Å². The molecule has 2 aromatic heterocycles. The van der Waals surface area contributed by atoms with E-state index < -0.39 is 0 Å². The summed E-state index contributed by atoms with van der Waals surface area (Å²) in [6.07, 6.45) is 14.4. The van der Waals surface area contributed by atoms with Gasteiger partial charge in [-0.1, -0.05) is 31.0 Å². The predicted octanol–water partition coefficient (Wildman–Crippen LogP) is 3.84. The number of aromatic nitrogens is 4. The molecular weight excluding hydrogens is 448 g/mol. The number of likely N-dealkylation sites (tertiary alicyclic amines) is 2. The normalized spacial score (nSPS) is 23.5. The Kier molecular flexibility index (Phi) is 7.47. The second-order valence-electron chi connectivity index (χ2n) is 9.70. The van der Waals surface area contributed by atoms with Gasteiger partial charge < -0.3 is 9.80 Å². The smallest absolute Gasteiger partial charge is 0.233 e. The molecule has 2 aliphatic heterocycles. The van der Waals surface area contributed by atoms with Gasteiger partial charge in [0.1, 0.15) is 0 Å². The molecule has 0 N–H and O–H groups in total. The van der Waals surface area contributed by atoms with E-state index in [2.05, 4.69) is 20.1 Å². The molecule has 8 nitrogen and oxygen atoms in total. The van der Waals surface area contributed by atoms with Crippen molar-refractivity contribution in [3.05, 3.63) is 30.4 Å². The van der Waals surface area contributed by atoms with Crippen LogP contribution >= 0.6 is 11.8 Å². The van der Waals surface area contributed by atoms with Gasteiger partial charge in [0.05, 0.1) is 24.2 Å². The number of rotatable bonds is 6. The molecule has 1 saturated carbocycles. The molecule has 1 aliphatic carbocycles. The average Bonchev–Trinajstić information content (AvgIpc) is 3.17. The Morgan fingerprint density at radius 2 is 1.91 bits per heavy atom. The number of nitrogens with zero attached hydrogens (tertiary/aromatic N) is 6. The monoisotopic (exact) mass is 482 g/mol. The summed E-state index contributed by atoms with van der Waals surface area (Å²) in [5.41, 5.74) is 0.852. The van der Waals surface area contributed by atoms with Gasteiger partial charge in [-0.05, 0) is 56.6 Å². The minimum absolute atomic E-state index is 0.176. The summed E-state index contributed by atoms with van der Waals surface area (Å²) in [6.45, 7) is 2.04. The van der Waals surface area contributed by atoms with E-state index in [1.807, 2.05) is 21.6 Å². The molecule has 182 valence electrons. The third-order valence-electron chi connectivity index (χ3n) is 7.50. The number of amides is 2. The minimum Gasteiger partial charge on any atom is -0.339 e. The Hall–Kier alpha value is -2.42. The summed E-state index contributed by atoms with van der Waals surface area (Å²) < 4.78 is 1.96. The van der Waals surface area contributed by atoms with Crippen LogP contribution in [0.3, 0.4) is 0 Å². The van der Waals surface area contributed by atoms with Gasteiger partial charge in [0, 0.05) is 31.7 Å². The number of piperidine rings is 1. The molecule has 2 amide bonds. The fourth-order valence-electron chi connectivity index (χ4n) is 5.76. The first-order chi connectivity index (χ1) is 16.7. The predicted molar refractivity (Wildman–Crippen MR) is 130 cm³/mol. The van der Waals surface area contributed by atoms with Crippen LogP contribution in [-0.4, -0.2) is 66.2 Å². The number of carbonyl (C=O) groups is 2. The summed E-state index contributed by atoms with van der Waals surface area (Å²) in [4.78, 5) is 34.1. The Labute approximate surface area is 205 Å². The molecule has 2 saturated heterocycles. The fourth-order valence-corrected chi connectivity index (χ4v) is 6.62.